The number of nitrogens with one attached hydrogen (secondary N) is 1. The number of benzene rings is 1. The number of aryl methyl sites for hydroxylation is 1. The number of rotatable bonds is 5. The molecule has 1 aromatic carbocycles. The van der Waals surface area contributed by atoms with Crippen molar-refractivity contribution in [1.82, 2.24) is 5.32 Å². The van der Waals surface area contributed by atoms with Crippen molar-refractivity contribution in [2.45, 2.75) is 32.0 Å². The molecule has 2 unspecified atom stereocenters. The molecule has 0 spiro atoms. The Hall–Kier alpha value is -1.30. The van der Waals surface area contributed by atoms with E-state index in [1.165, 1.54) is 0 Å². The van der Waals surface area contributed by atoms with E-state index >= 15 is 0 Å². The van der Waals surface area contributed by atoms with Crippen molar-refractivity contribution in [3.05, 3.63) is 28.8 Å². The summed E-state index contributed by atoms with van der Waals surface area (Å²) in [6.45, 7) is 4.23. The highest BCUT2D eigenvalue weighted by molar-refractivity contribution is 6.30. The molecule has 1 saturated heterocycles. The largest absolute Gasteiger partial charge is 0.484 e. The van der Waals surface area contributed by atoms with Crippen molar-refractivity contribution in [3.8, 4) is 5.75 Å². The number of hydrogen-bond donors (Lipinski definition) is 2. The summed E-state index contributed by atoms with van der Waals surface area (Å²) in [6.07, 6.45) is 0.239. The van der Waals surface area contributed by atoms with Crippen LogP contribution in [0.25, 0.3) is 0 Å². The highest BCUT2D eigenvalue weighted by atomic mass is 35.5. The van der Waals surface area contributed by atoms with E-state index in [1.807, 2.05) is 6.92 Å². The smallest absolute Gasteiger partial charge is 0.258 e. The third-order valence-electron chi connectivity index (χ3n) is 3.75. The van der Waals surface area contributed by atoms with Crippen molar-refractivity contribution in [2.75, 3.05) is 19.8 Å². The topological polar surface area (TPSA) is 67.8 Å². The van der Waals surface area contributed by atoms with Crippen LogP contribution in [0.1, 0.15) is 18.9 Å². The number of halogens is 1. The Morgan fingerprint density at radius 1 is 1.62 bits per heavy atom. The highest BCUT2D eigenvalue weighted by Crippen LogP contribution is 2.25. The molecular formula is C15H20ClNO4. The van der Waals surface area contributed by atoms with Crippen LogP contribution in [0.5, 0.6) is 5.75 Å². The summed E-state index contributed by atoms with van der Waals surface area (Å²) in [6, 6.07) is 5.21. The summed E-state index contributed by atoms with van der Waals surface area (Å²) < 4.78 is 10.8. The Kier molecular flexibility index (Phi) is 5.08. The van der Waals surface area contributed by atoms with Gasteiger partial charge in [-0.1, -0.05) is 11.6 Å². The molecule has 21 heavy (non-hydrogen) atoms. The molecule has 0 radical (unpaired) electrons. The SMILES string of the molecule is Cc1cc(Cl)ccc1OCC(=O)NCC1(O)CCOC1C. The quantitative estimate of drug-likeness (QED) is 0.868. The van der Waals surface area contributed by atoms with Crippen LogP contribution in [-0.2, 0) is 9.53 Å². The molecule has 116 valence electrons. The van der Waals surface area contributed by atoms with E-state index in [0.29, 0.717) is 23.8 Å². The molecule has 2 atom stereocenters. The molecule has 1 heterocycles. The zero-order valence-electron chi connectivity index (χ0n) is 12.2. The first-order valence-electron chi connectivity index (χ1n) is 6.90. The fourth-order valence-corrected chi connectivity index (χ4v) is 2.45. The minimum atomic E-state index is -0.994. The lowest BCUT2D eigenvalue weighted by Gasteiger charge is -2.26. The first kappa shape index (κ1) is 16.1. The molecule has 0 aliphatic carbocycles. The molecule has 1 fully saturated rings. The van der Waals surface area contributed by atoms with Gasteiger partial charge in [0, 0.05) is 24.6 Å². The fourth-order valence-electron chi connectivity index (χ4n) is 2.22. The van der Waals surface area contributed by atoms with Gasteiger partial charge in [-0.15, -0.1) is 0 Å². The van der Waals surface area contributed by atoms with Crippen molar-refractivity contribution in [3.63, 3.8) is 0 Å². The molecule has 0 aromatic heterocycles. The normalized spacial score (nSPS) is 24.9. The number of aliphatic hydroxyl groups is 1. The summed E-state index contributed by atoms with van der Waals surface area (Å²) in [7, 11) is 0. The molecule has 2 rings (SSSR count). The number of hydrogen-bond acceptors (Lipinski definition) is 4. The van der Waals surface area contributed by atoms with Crippen LogP contribution in [0.2, 0.25) is 5.02 Å². The van der Waals surface area contributed by atoms with Crippen LogP contribution in [0.3, 0.4) is 0 Å². The molecule has 0 bridgehead atoms. The molecule has 1 amide bonds. The standard InChI is InChI=1S/C15H20ClNO4/c1-10-7-12(16)3-4-13(10)21-8-14(18)17-9-15(19)5-6-20-11(15)2/h3-4,7,11,19H,5-6,8-9H2,1-2H3,(H,17,18). The van der Waals surface area contributed by atoms with Crippen molar-refractivity contribution < 1.29 is 19.4 Å². The Bertz CT molecular complexity index is 522. The Balaban J connectivity index is 1.80. The first-order valence-corrected chi connectivity index (χ1v) is 7.28. The van der Waals surface area contributed by atoms with Gasteiger partial charge in [0.15, 0.2) is 6.61 Å². The van der Waals surface area contributed by atoms with Gasteiger partial charge < -0.3 is 19.9 Å². The van der Waals surface area contributed by atoms with E-state index < -0.39 is 5.60 Å². The van der Waals surface area contributed by atoms with Crippen LogP contribution in [0, 0.1) is 6.92 Å². The van der Waals surface area contributed by atoms with Gasteiger partial charge in [-0.2, -0.15) is 0 Å². The molecule has 6 heteroatoms. The summed E-state index contributed by atoms with van der Waals surface area (Å²) >= 11 is 5.86. The van der Waals surface area contributed by atoms with Gasteiger partial charge in [-0.3, -0.25) is 4.79 Å². The van der Waals surface area contributed by atoms with Gasteiger partial charge in [-0.05, 0) is 37.6 Å². The van der Waals surface area contributed by atoms with E-state index in [1.54, 1.807) is 25.1 Å². The van der Waals surface area contributed by atoms with Crippen molar-refractivity contribution in [2.24, 2.45) is 0 Å². The second kappa shape index (κ2) is 6.64. The molecule has 1 aliphatic rings. The van der Waals surface area contributed by atoms with Gasteiger partial charge in [0.05, 0.1) is 6.10 Å². The maximum atomic E-state index is 11.8. The number of carbonyl (C=O) groups is 1. The highest BCUT2D eigenvalue weighted by Gasteiger charge is 2.39. The second-order valence-corrected chi connectivity index (χ2v) is 5.78. The van der Waals surface area contributed by atoms with Crippen LogP contribution < -0.4 is 10.1 Å². The van der Waals surface area contributed by atoms with E-state index in [9.17, 15) is 9.90 Å². The van der Waals surface area contributed by atoms with E-state index in [2.05, 4.69) is 5.32 Å². The van der Waals surface area contributed by atoms with Gasteiger partial charge in [-0.25, -0.2) is 0 Å². The lowest BCUT2D eigenvalue weighted by atomic mass is 9.97. The zero-order chi connectivity index (χ0) is 15.5. The molecule has 2 N–H and O–H groups in total. The lowest BCUT2D eigenvalue weighted by molar-refractivity contribution is -0.124. The predicted octanol–water partition coefficient (Wildman–Crippen LogP) is 1.68. The van der Waals surface area contributed by atoms with Crippen LogP contribution in [-0.4, -0.2) is 42.5 Å². The van der Waals surface area contributed by atoms with Crippen LogP contribution in [0.4, 0.5) is 0 Å². The van der Waals surface area contributed by atoms with Gasteiger partial charge >= 0.3 is 0 Å². The minimum Gasteiger partial charge on any atom is -0.484 e. The average molecular weight is 314 g/mol. The predicted molar refractivity (Wildman–Crippen MR) is 79.7 cm³/mol. The lowest BCUT2D eigenvalue weighted by Crippen LogP contribution is -2.48. The van der Waals surface area contributed by atoms with Gasteiger partial charge in [0.2, 0.25) is 0 Å². The number of carbonyl (C=O) groups excluding carboxylic acids is 1. The average Bonchev–Trinajstić information content (AvgIpc) is 2.76. The van der Waals surface area contributed by atoms with Gasteiger partial charge in [0.25, 0.3) is 5.91 Å². The zero-order valence-corrected chi connectivity index (χ0v) is 12.9. The maximum absolute atomic E-state index is 11.8. The molecule has 1 aromatic rings. The summed E-state index contributed by atoms with van der Waals surface area (Å²) in [5.74, 6) is 0.336. The molecule has 5 nitrogen and oxygen atoms in total. The van der Waals surface area contributed by atoms with Gasteiger partial charge in [0.1, 0.15) is 11.4 Å². The Morgan fingerprint density at radius 2 is 2.38 bits per heavy atom. The molecule has 1 aliphatic heterocycles. The Labute approximate surface area is 129 Å². The van der Waals surface area contributed by atoms with Crippen LogP contribution >= 0.6 is 11.6 Å². The third-order valence-corrected chi connectivity index (χ3v) is 3.98. The first-order chi connectivity index (χ1) is 9.90. The summed E-state index contributed by atoms with van der Waals surface area (Å²) in [5, 5.41) is 13.6. The van der Waals surface area contributed by atoms with E-state index in [0.717, 1.165) is 5.56 Å². The van der Waals surface area contributed by atoms with E-state index in [-0.39, 0.29) is 25.2 Å². The van der Waals surface area contributed by atoms with Crippen molar-refractivity contribution >= 4 is 17.5 Å². The Morgan fingerprint density at radius 3 is 3.00 bits per heavy atom. The number of ether oxygens (including phenoxy) is 2. The monoisotopic (exact) mass is 313 g/mol. The summed E-state index contributed by atoms with van der Waals surface area (Å²) in [4.78, 5) is 11.8. The second-order valence-electron chi connectivity index (χ2n) is 5.34. The van der Waals surface area contributed by atoms with Crippen molar-refractivity contribution in [1.29, 1.82) is 0 Å². The molecule has 0 saturated carbocycles. The number of amides is 1. The summed E-state index contributed by atoms with van der Waals surface area (Å²) in [5.41, 5.74) is -0.127. The molecular weight excluding hydrogens is 294 g/mol. The maximum Gasteiger partial charge on any atom is 0.258 e. The van der Waals surface area contributed by atoms with Crippen LogP contribution in [0.15, 0.2) is 18.2 Å². The fraction of sp³-hybridized carbons (Fsp3) is 0.533. The third kappa shape index (κ3) is 4.09. The minimum absolute atomic E-state index is 0.103. The van der Waals surface area contributed by atoms with E-state index in [4.69, 9.17) is 21.1 Å².